The molecule has 2 aliphatic heterocycles. The van der Waals surface area contributed by atoms with Crippen LogP contribution in [0.4, 0.5) is 13.6 Å². The first kappa shape index (κ1) is 24.9. The third-order valence-corrected chi connectivity index (χ3v) is 8.65. The number of alkyl halides is 2. The molecule has 0 aromatic carbocycles. The summed E-state index contributed by atoms with van der Waals surface area (Å²) in [6.07, 6.45) is 4.38. The first-order valence-corrected chi connectivity index (χ1v) is 13.4. The number of carbonyl (C=O) groups excluding carboxylic acids is 1. The summed E-state index contributed by atoms with van der Waals surface area (Å²) in [5, 5.41) is 4.69. The van der Waals surface area contributed by atoms with Gasteiger partial charge >= 0.3 is 6.09 Å². The van der Waals surface area contributed by atoms with Gasteiger partial charge in [-0.25, -0.2) is 23.2 Å². The highest BCUT2D eigenvalue weighted by Gasteiger charge is 2.52. The Labute approximate surface area is 207 Å². The van der Waals surface area contributed by atoms with E-state index in [9.17, 15) is 4.79 Å². The van der Waals surface area contributed by atoms with Gasteiger partial charge in [-0.3, -0.25) is 9.80 Å². The fourth-order valence-corrected chi connectivity index (χ4v) is 5.90. The van der Waals surface area contributed by atoms with E-state index in [0.717, 1.165) is 44.8 Å². The maximum atomic E-state index is 15.1. The van der Waals surface area contributed by atoms with Gasteiger partial charge in [0.25, 0.3) is 5.92 Å². The van der Waals surface area contributed by atoms with Crippen LogP contribution in [0.1, 0.15) is 77.6 Å². The van der Waals surface area contributed by atoms with Crippen molar-refractivity contribution in [3.05, 3.63) is 12.2 Å². The van der Waals surface area contributed by atoms with E-state index in [1.165, 1.54) is 0 Å². The minimum Gasteiger partial charge on any atom is -0.438 e. The number of nitrogens with zero attached hydrogens (tertiary/aromatic N) is 6. The summed E-state index contributed by atoms with van der Waals surface area (Å²) in [6, 6.07) is 0.497. The Balaban J connectivity index is 1.20. The zero-order chi connectivity index (χ0) is 24.8. The summed E-state index contributed by atoms with van der Waals surface area (Å²) in [4.78, 5) is 23.7. The molecule has 0 bridgehead atoms. The Morgan fingerprint density at radius 1 is 1.06 bits per heavy atom. The molecule has 0 spiro atoms. The number of piperazine rings is 1. The van der Waals surface area contributed by atoms with Gasteiger partial charge in [-0.1, -0.05) is 6.92 Å². The van der Waals surface area contributed by atoms with Crippen LogP contribution in [0.25, 0.3) is 0 Å². The van der Waals surface area contributed by atoms with Crippen molar-refractivity contribution >= 4 is 6.09 Å². The van der Waals surface area contributed by atoms with Crippen molar-refractivity contribution in [1.29, 1.82) is 0 Å². The fraction of sp³-hybridized carbons (Fsp3) is 0.880. The van der Waals surface area contributed by atoms with Crippen molar-refractivity contribution in [2.24, 2.45) is 0 Å². The Kier molecular flexibility index (Phi) is 6.80. The lowest BCUT2D eigenvalue weighted by Crippen LogP contribution is -2.61. The van der Waals surface area contributed by atoms with Crippen molar-refractivity contribution in [2.45, 2.75) is 101 Å². The molecule has 1 aromatic heterocycles. The number of aromatic nitrogens is 3. The first-order valence-electron chi connectivity index (χ1n) is 13.4. The van der Waals surface area contributed by atoms with Gasteiger partial charge in [0.1, 0.15) is 6.33 Å². The molecule has 3 heterocycles. The second-order valence-electron chi connectivity index (χ2n) is 11.5. The number of hydrogen-bond donors (Lipinski definition) is 0. The van der Waals surface area contributed by atoms with E-state index in [2.05, 4.69) is 35.6 Å². The van der Waals surface area contributed by atoms with Crippen LogP contribution in [-0.4, -0.2) is 98.9 Å². The first-order chi connectivity index (χ1) is 16.7. The second kappa shape index (κ2) is 9.57. The summed E-state index contributed by atoms with van der Waals surface area (Å²) in [5.74, 6) is -2.19. The van der Waals surface area contributed by atoms with Gasteiger partial charge in [0, 0.05) is 57.1 Å². The molecule has 196 valence electrons. The van der Waals surface area contributed by atoms with Crippen molar-refractivity contribution < 1.29 is 18.3 Å². The summed E-state index contributed by atoms with van der Waals surface area (Å²) < 4.78 is 37.7. The maximum Gasteiger partial charge on any atom is 0.410 e. The van der Waals surface area contributed by atoms with Crippen LogP contribution in [0.5, 0.6) is 0 Å². The van der Waals surface area contributed by atoms with Crippen molar-refractivity contribution in [1.82, 2.24) is 29.5 Å². The topological polar surface area (TPSA) is 66.7 Å². The molecule has 10 heteroatoms. The standard InChI is InChI=1S/C25H40F2N6O2/c1-18(2)30-13-15-31(16-14-30)20-5-4-8-25(26,27)21(20)35-23(34)32-11-9-24(3,10-12-32)22-28-17-33(29-22)19-6-7-19/h17-21H,4-16H2,1-3H3/t20-,21?/m0/s1. The number of hydrogen-bond acceptors (Lipinski definition) is 6. The number of rotatable bonds is 5. The van der Waals surface area contributed by atoms with Gasteiger partial charge in [0.15, 0.2) is 11.9 Å². The minimum absolute atomic E-state index is 0.218. The molecular weight excluding hydrogens is 454 g/mol. The number of likely N-dealkylation sites (tertiary alicyclic amines) is 1. The quantitative estimate of drug-likeness (QED) is 0.622. The van der Waals surface area contributed by atoms with E-state index < -0.39 is 24.2 Å². The predicted octanol–water partition coefficient (Wildman–Crippen LogP) is 3.69. The van der Waals surface area contributed by atoms with Crippen LogP contribution in [0.3, 0.4) is 0 Å². The fourth-order valence-electron chi connectivity index (χ4n) is 5.90. The molecule has 35 heavy (non-hydrogen) atoms. The highest BCUT2D eigenvalue weighted by Crippen LogP contribution is 2.40. The molecule has 8 nitrogen and oxygen atoms in total. The average molecular weight is 495 g/mol. The molecule has 2 saturated carbocycles. The highest BCUT2D eigenvalue weighted by molar-refractivity contribution is 5.68. The lowest BCUT2D eigenvalue weighted by Gasteiger charge is -2.47. The maximum absolute atomic E-state index is 15.1. The summed E-state index contributed by atoms with van der Waals surface area (Å²) in [6.45, 7) is 10.5. The monoisotopic (exact) mass is 494 g/mol. The predicted molar refractivity (Wildman–Crippen MR) is 128 cm³/mol. The van der Waals surface area contributed by atoms with Crippen molar-refractivity contribution in [3.8, 4) is 0 Å². The molecule has 5 rings (SSSR count). The SMILES string of the molecule is CC(C)N1CCN([C@H]2CCCC(F)(F)C2OC(=O)N2CCC(C)(c3ncn(C4CC4)n3)CC2)CC1. The lowest BCUT2D eigenvalue weighted by molar-refractivity contribution is -0.170. The van der Waals surface area contributed by atoms with E-state index in [1.54, 1.807) is 4.90 Å². The molecule has 0 N–H and O–H groups in total. The Hall–Kier alpha value is -1.81. The highest BCUT2D eigenvalue weighted by atomic mass is 19.3. The van der Waals surface area contributed by atoms with E-state index in [1.807, 2.05) is 11.0 Å². The normalized spacial score (nSPS) is 29.9. The number of amides is 1. The molecule has 1 aromatic rings. The van der Waals surface area contributed by atoms with Crippen LogP contribution >= 0.6 is 0 Å². The van der Waals surface area contributed by atoms with E-state index in [0.29, 0.717) is 50.9 Å². The summed E-state index contributed by atoms with van der Waals surface area (Å²) in [5.41, 5.74) is -0.218. The van der Waals surface area contributed by atoms with Crippen LogP contribution in [0.2, 0.25) is 0 Å². The van der Waals surface area contributed by atoms with E-state index >= 15 is 8.78 Å². The molecule has 1 amide bonds. The smallest absolute Gasteiger partial charge is 0.410 e. The van der Waals surface area contributed by atoms with Gasteiger partial charge in [0.05, 0.1) is 12.1 Å². The molecule has 4 aliphatic rings. The van der Waals surface area contributed by atoms with Crippen LogP contribution in [-0.2, 0) is 10.2 Å². The van der Waals surface area contributed by atoms with Gasteiger partial charge in [-0.05, 0) is 52.4 Å². The third kappa shape index (κ3) is 5.19. The van der Waals surface area contributed by atoms with E-state index in [-0.39, 0.29) is 11.8 Å². The molecule has 2 atom stereocenters. The molecule has 4 fully saturated rings. The molecule has 0 radical (unpaired) electrons. The number of ether oxygens (including phenoxy) is 1. The number of piperidine rings is 1. The lowest BCUT2D eigenvalue weighted by atomic mass is 9.80. The van der Waals surface area contributed by atoms with Crippen LogP contribution in [0, 0.1) is 0 Å². The van der Waals surface area contributed by atoms with Gasteiger partial charge < -0.3 is 9.64 Å². The zero-order valence-electron chi connectivity index (χ0n) is 21.3. The van der Waals surface area contributed by atoms with Gasteiger partial charge in [-0.15, -0.1) is 0 Å². The Morgan fingerprint density at radius 3 is 2.37 bits per heavy atom. The second-order valence-corrected chi connectivity index (χ2v) is 11.5. The third-order valence-electron chi connectivity index (χ3n) is 8.65. The molecular formula is C25H40F2N6O2. The van der Waals surface area contributed by atoms with E-state index in [4.69, 9.17) is 9.84 Å². The zero-order valence-corrected chi connectivity index (χ0v) is 21.3. The average Bonchev–Trinajstić information content (AvgIpc) is 3.56. The molecule has 1 unspecified atom stereocenters. The largest absolute Gasteiger partial charge is 0.438 e. The Bertz CT molecular complexity index is 888. The Morgan fingerprint density at radius 2 is 1.74 bits per heavy atom. The molecule has 2 saturated heterocycles. The minimum atomic E-state index is -3.00. The van der Waals surface area contributed by atoms with Crippen molar-refractivity contribution in [2.75, 3.05) is 39.3 Å². The van der Waals surface area contributed by atoms with Gasteiger partial charge in [-0.2, -0.15) is 5.10 Å². The summed E-state index contributed by atoms with van der Waals surface area (Å²) >= 11 is 0. The van der Waals surface area contributed by atoms with Gasteiger partial charge in [0.2, 0.25) is 0 Å². The van der Waals surface area contributed by atoms with Crippen molar-refractivity contribution in [3.63, 3.8) is 0 Å². The number of carbonyl (C=O) groups is 1. The van der Waals surface area contributed by atoms with Crippen LogP contribution < -0.4 is 0 Å². The summed E-state index contributed by atoms with van der Waals surface area (Å²) in [7, 11) is 0. The number of halogens is 2. The molecule has 2 aliphatic carbocycles. The van der Waals surface area contributed by atoms with Crippen LogP contribution in [0.15, 0.2) is 6.33 Å².